The summed E-state index contributed by atoms with van der Waals surface area (Å²) in [6, 6.07) is 12.7. The number of benzene rings is 1. The van der Waals surface area contributed by atoms with Crippen molar-refractivity contribution in [1.82, 2.24) is 14.5 Å². The summed E-state index contributed by atoms with van der Waals surface area (Å²) in [7, 11) is 1.74. The van der Waals surface area contributed by atoms with Gasteiger partial charge in [0.2, 0.25) is 5.95 Å². The Hall–Kier alpha value is -3.50. The van der Waals surface area contributed by atoms with Gasteiger partial charge in [0.1, 0.15) is 0 Å². The molecule has 0 unspecified atom stereocenters. The standard InChI is InChI=1S/C22H21N5O2/c1-23-18-6-4-17(5-7-18)20-15-27(12-3-13-29-20)22-25-19(14-21(28)26(22)2)16-8-10-24-11-9-16/h4-11,14,20H,3,12-13,15H2,2H3/t20-/m1/s1. The largest absolute Gasteiger partial charge is 0.372 e. The molecule has 4 rings (SSSR count). The quantitative estimate of drug-likeness (QED) is 0.645. The molecule has 0 N–H and O–H groups in total. The molecular formula is C22H21N5O2. The van der Waals surface area contributed by atoms with Gasteiger partial charge in [0.25, 0.3) is 5.56 Å². The van der Waals surface area contributed by atoms with Gasteiger partial charge in [0, 0.05) is 44.2 Å². The lowest BCUT2D eigenvalue weighted by molar-refractivity contribution is 0.0685. The van der Waals surface area contributed by atoms with Crippen LogP contribution >= 0.6 is 0 Å². The minimum Gasteiger partial charge on any atom is -0.372 e. The fourth-order valence-electron chi connectivity index (χ4n) is 3.45. The predicted octanol–water partition coefficient (Wildman–Crippen LogP) is 3.36. The van der Waals surface area contributed by atoms with Crippen LogP contribution in [0.4, 0.5) is 11.6 Å². The third-order valence-electron chi connectivity index (χ3n) is 5.04. The van der Waals surface area contributed by atoms with Gasteiger partial charge in [-0.15, -0.1) is 0 Å². The van der Waals surface area contributed by atoms with Crippen molar-refractivity contribution < 1.29 is 4.74 Å². The van der Waals surface area contributed by atoms with Crippen molar-refractivity contribution in [3.8, 4) is 11.3 Å². The minimum absolute atomic E-state index is 0.107. The minimum atomic E-state index is -0.154. The molecule has 7 nitrogen and oxygen atoms in total. The van der Waals surface area contributed by atoms with Crippen molar-refractivity contribution in [2.45, 2.75) is 12.5 Å². The fraction of sp³-hybridized carbons (Fsp3) is 0.273. The number of aromatic nitrogens is 3. The molecular weight excluding hydrogens is 366 g/mol. The van der Waals surface area contributed by atoms with Crippen molar-refractivity contribution in [3.05, 3.63) is 82.2 Å². The number of anilines is 1. The highest BCUT2D eigenvalue weighted by Crippen LogP contribution is 2.27. The van der Waals surface area contributed by atoms with E-state index < -0.39 is 0 Å². The van der Waals surface area contributed by atoms with E-state index in [1.54, 1.807) is 42.2 Å². The van der Waals surface area contributed by atoms with Gasteiger partial charge in [-0.3, -0.25) is 14.3 Å². The van der Waals surface area contributed by atoms with Gasteiger partial charge >= 0.3 is 0 Å². The first kappa shape index (κ1) is 18.8. The van der Waals surface area contributed by atoms with E-state index in [1.165, 1.54) is 0 Å². The van der Waals surface area contributed by atoms with Crippen molar-refractivity contribution >= 4 is 11.6 Å². The molecule has 1 aromatic carbocycles. The number of hydrogen-bond donors (Lipinski definition) is 0. The average Bonchev–Trinajstić information content (AvgIpc) is 3.02. The number of nitrogens with zero attached hydrogens (tertiary/aromatic N) is 5. The van der Waals surface area contributed by atoms with Crippen molar-refractivity contribution in [3.63, 3.8) is 0 Å². The Morgan fingerprint density at radius 3 is 2.66 bits per heavy atom. The summed E-state index contributed by atoms with van der Waals surface area (Å²) < 4.78 is 7.64. The van der Waals surface area contributed by atoms with Gasteiger partial charge in [0.05, 0.1) is 24.9 Å². The summed E-state index contributed by atoms with van der Waals surface area (Å²) in [5.74, 6) is 0.623. The third-order valence-corrected chi connectivity index (χ3v) is 5.04. The number of hydrogen-bond acceptors (Lipinski definition) is 5. The van der Waals surface area contributed by atoms with E-state index in [4.69, 9.17) is 16.3 Å². The fourth-order valence-corrected chi connectivity index (χ4v) is 3.45. The van der Waals surface area contributed by atoms with Crippen molar-refractivity contribution in [2.24, 2.45) is 7.05 Å². The molecule has 1 saturated heterocycles. The Bertz CT molecular complexity index is 1090. The molecule has 29 heavy (non-hydrogen) atoms. The van der Waals surface area contributed by atoms with Crippen LogP contribution in [0.15, 0.2) is 59.7 Å². The maximum atomic E-state index is 12.6. The molecule has 146 valence electrons. The van der Waals surface area contributed by atoms with Gasteiger partial charge < -0.3 is 9.64 Å². The zero-order valence-electron chi connectivity index (χ0n) is 16.2. The van der Waals surface area contributed by atoms with E-state index in [1.807, 2.05) is 24.3 Å². The number of pyridine rings is 1. The van der Waals surface area contributed by atoms with Crippen LogP contribution in [0.5, 0.6) is 0 Å². The lowest BCUT2D eigenvalue weighted by atomic mass is 10.1. The van der Waals surface area contributed by atoms with E-state index in [-0.39, 0.29) is 11.7 Å². The molecule has 0 saturated carbocycles. The molecule has 3 heterocycles. The summed E-state index contributed by atoms with van der Waals surface area (Å²) >= 11 is 0. The van der Waals surface area contributed by atoms with E-state index >= 15 is 0 Å². The molecule has 1 atom stereocenters. The van der Waals surface area contributed by atoms with E-state index in [2.05, 4.69) is 14.7 Å². The highest BCUT2D eigenvalue weighted by molar-refractivity contribution is 5.59. The van der Waals surface area contributed by atoms with Crippen LogP contribution in [0.1, 0.15) is 18.1 Å². The molecule has 1 fully saturated rings. The van der Waals surface area contributed by atoms with Gasteiger partial charge in [-0.25, -0.2) is 9.83 Å². The summed E-state index contributed by atoms with van der Waals surface area (Å²) in [6.07, 6.45) is 4.07. The SMILES string of the molecule is [C-]#[N+]c1ccc([C@H]2CN(c3nc(-c4ccncc4)cc(=O)n3C)CCCO2)cc1. The first-order chi connectivity index (χ1) is 14.2. The normalized spacial score (nSPS) is 16.8. The number of rotatable bonds is 3. The van der Waals surface area contributed by atoms with E-state index in [9.17, 15) is 4.79 Å². The average molecular weight is 387 g/mol. The van der Waals surface area contributed by atoms with E-state index in [0.717, 1.165) is 24.1 Å². The predicted molar refractivity (Wildman–Crippen MR) is 111 cm³/mol. The molecule has 0 bridgehead atoms. The smallest absolute Gasteiger partial charge is 0.255 e. The molecule has 0 aliphatic carbocycles. The Morgan fingerprint density at radius 2 is 1.93 bits per heavy atom. The monoisotopic (exact) mass is 387 g/mol. The molecule has 1 aliphatic heterocycles. The van der Waals surface area contributed by atoms with Crippen LogP contribution in [0.3, 0.4) is 0 Å². The van der Waals surface area contributed by atoms with Crippen LogP contribution in [0.25, 0.3) is 16.1 Å². The lowest BCUT2D eigenvalue weighted by Crippen LogP contribution is -2.34. The third kappa shape index (κ3) is 4.03. The second-order valence-corrected chi connectivity index (χ2v) is 6.94. The molecule has 2 aromatic heterocycles. The number of ether oxygens (including phenoxy) is 1. The summed E-state index contributed by atoms with van der Waals surface area (Å²) in [4.78, 5) is 27.0. The Labute approximate surface area is 169 Å². The molecule has 0 amide bonds. The van der Waals surface area contributed by atoms with Crippen LogP contribution in [-0.2, 0) is 11.8 Å². The molecule has 0 radical (unpaired) electrons. The second kappa shape index (κ2) is 8.25. The first-order valence-corrected chi connectivity index (χ1v) is 9.48. The van der Waals surface area contributed by atoms with Gasteiger partial charge in [-0.1, -0.05) is 24.3 Å². The second-order valence-electron chi connectivity index (χ2n) is 6.94. The Kier molecular flexibility index (Phi) is 5.36. The van der Waals surface area contributed by atoms with Crippen molar-refractivity contribution in [2.75, 3.05) is 24.6 Å². The Balaban J connectivity index is 1.68. The van der Waals surface area contributed by atoms with E-state index in [0.29, 0.717) is 30.5 Å². The molecule has 3 aromatic rings. The maximum absolute atomic E-state index is 12.6. The van der Waals surface area contributed by atoms with Crippen molar-refractivity contribution in [1.29, 1.82) is 0 Å². The summed E-state index contributed by atoms with van der Waals surface area (Å²) in [5, 5.41) is 0. The highest BCUT2D eigenvalue weighted by Gasteiger charge is 2.23. The Morgan fingerprint density at radius 1 is 1.17 bits per heavy atom. The lowest BCUT2D eigenvalue weighted by Gasteiger charge is -2.27. The van der Waals surface area contributed by atoms with Crippen LogP contribution in [0, 0.1) is 6.57 Å². The van der Waals surface area contributed by atoms with Gasteiger partial charge in [-0.2, -0.15) is 0 Å². The first-order valence-electron chi connectivity index (χ1n) is 9.48. The summed E-state index contributed by atoms with van der Waals surface area (Å²) in [5.41, 5.74) is 3.00. The summed E-state index contributed by atoms with van der Waals surface area (Å²) in [6.45, 7) is 9.07. The highest BCUT2D eigenvalue weighted by atomic mass is 16.5. The van der Waals surface area contributed by atoms with Crippen LogP contribution < -0.4 is 10.5 Å². The zero-order valence-corrected chi connectivity index (χ0v) is 16.2. The van der Waals surface area contributed by atoms with Gasteiger partial charge in [0.15, 0.2) is 5.69 Å². The van der Waals surface area contributed by atoms with Crippen LogP contribution in [0.2, 0.25) is 0 Å². The zero-order chi connectivity index (χ0) is 20.2. The molecule has 0 spiro atoms. The molecule has 7 heteroatoms. The van der Waals surface area contributed by atoms with Gasteiger partial charge in [-0.05, 0) is 24.1 Å². The maximum Gasteiger partial charge on any atom is 0.255 e. The topological polar surface area (TPSA) is 64.6 Å². The molecule has 1 aliphatic rings. The van der Waals surface area contributed by atoms with Crippen LogP contribution in [-0.4, -0.2) is 34.2 Å².